The Bertz CT molecular complexity index is 723. The van der Waals surface area contributed by atoms with E-state index in [9.17, 15) is 8.42 Å². The van der Waals surface area contributed by atoms with Gasteiger partial charge in [0.1, 0.15) is 4.90 Å². The molecule has 1 aromatic carbocycles. The Morgan fingerprint density at radius 1 is 1.32 bits per heavy atom. The predicted octanol–water partition coefficient (Wildman–Crippen LogP) is 2.49. The van der Waals surface area contributed by atoms with Crippen molar-refractivity contribution >= 4 is 27.3 Å². The van der Waals surface area contributed by atoms with Crippen LogP contribution in [0.5, 0.6) is 0 Å². The van der Waals surface area contributed by atoms with Crippen LogP contribution in [0.4, 0.5) is 5.69 Å². The molecule has 2 rings (SSSR count). The van der Waals surface area contributed by atoms with Gasteiger partial charge in [0.05, 0.1) is 11.4 Å². The molecular weight excluding hydrogens is 286 g/mol. The van der Waals surface area contributed by atoms with Crippen LogP contribution in [0, 0.1) is 13.8 Å². The first-order valence-electron chi connectivity index (χ1n) is 5.59. The average molecular weight is 300 g/mol. The fourth-order valence-electron chi connectivity index (χ4n) is 1.76. The van der Waals surface area contributed by atoms with Gasteiger partial charge in [0.25, 0.3) is 10.0 Å². The van der Waals surface area contributed by atoms with Crippen LogP contribution in [0.3, 0.4) is 0 Å². The molecule has 0 aliphatic carbocycles. The van der Waals surface area contributed by atoms with Gasteiger partial charge in [-0.3, -0.25) is 9.40 Å². The van der Waals surface area contributed by atoms with Gasteiger partial charge in [-0.25, -0.2) is 8.42 Å². The quantitative estimate of drug-likeness (QED) is 0.947. The van der Waals surface area contributed by atoms with Gasteiger partial charge in [-0.05, 0) is 31.5 Å². The molecule has 0 spiro atoms. The highest BCUT2D eigenvalue weighted by molar-refractivity contribution is 7.92. The van der Waals surface area contributed by atoms with Crippen LogP contribution in [0.15, 0.2) is 29.3 Å². The van der Waals surface area contributed by atoms with E-state index in [4.69, 9.17) is 11.6 Å². The molecular formula is C12H14ClN3O2S. The number of hydrogen-bond acceptors (Lipinski definition) is 3. The minimum atomic E-state index is -3.65. The van der Waals surface area contributed by atoms with Gasteiger partial charge in [-0.1, -0.05) is 17.7 Å². The Labute approximate surface area is 117 Å². The molecule has 7 heteroatoms. The first-order chi connectivity index (χ1) is 8.81. The largest absolute Gasteiger partial charge is 0.279 e. The lowest BCUT2D eigenvalue weighted by Gasteiger charge is -2.10. The van der Waals surface area contributed by atoms with Crippen molar-refractivity contribution in [1.82, 2.24) is 9.78 Å². The summed E-state index contributed by atoms with van der Waals surface area (Å²) in [5.41, 5.74) is 1.61. The molecule has 1 heterocycles. The maximum absolute atomic E-state index is 12.3. The summed E-state index contributed by atoms with van der Waals surface area (Å²) in [4.78, 5) is 0.161. The molecule has 0 radical (unpaired) electrons. The molecule has 5 nitrogen and oxygen atoms in total. The lowest BCUT2D eigenvalue weighted by Crippen LogP contribution is -2.14. The van der Waals surface area contributed by atoms with E-state index in [1.54, 1.807) is 39.1 Å². The number of hydrogen-bond donors (Lipinski definition) is 1. The zero-order chi connectivity index (χ0) is 14.2. The van der Waals surface area contributed by atoms with Gasteiger partial charge in [0, 0.05) is 18.3 Å². The summed E-state index contributed by atoms with van der Waals surface area (Å²) in [5, 5.41) is 4.55. The summed E-state index contributed by atoms with van der Waals surface area (Å²) in [5.74, 6) is 0. The van der Waals surface area contributed by atoms with E-state index in [1.165, 1.54) is 10.9 Å². The third kappa shape index (κ3) is 2.74. The number of benzene rings is 1. The van der Waals surface area contributed by atoms with Crippen molar-refractivity contribution in [3.8, 4) is 0 Å². The number of aryl methyl sites for hydroxylation is 2. The van der Waals surface area contributed by atoms with E-state index in [0.717, 1.165) is 0 Å². The molecule has 0 atom stereocenters. The van der Waals surface area contributed by atoms with E-state index in [-0.39, 0.29) is 4.90 Å². The van der Waals surface area contributed by atoms with Crippen LogP contribution >= 0.6 is 11.6 Å². The molecule has 19 heavy (non-hydrogen) atoms. The second-order valence-corrected chi connectivity index (χ2v) is 6.33. The lowest BCUT2D eigenvalue weighted by atomic mass is 10.2. The normalized spacial score (nSPS) is 11.6. The third-order valence-electron chi connectivity index (χ3n) is 2.77. The number of nitrogens with zero attached hydrogens (tertiary/aromatic N) is 2. The zero-order valence-corrected chi connectivity index (χ0v) is 12.4. The molecule has 0 saturated heterocycles. The van der Waals surface area contributed by atoms with Crippen LogP contribution < -0.4 is 4.72 Å². The van der Waals surface area contributed by atoms with Crippen molar-refractivity contribution in [1.29, 1.82) is 0 Å². The summed E-state index contributed by atoms with van der Waals surface area (Å²) in [6, 6.07) is 5.08. The number of nitrogens with one attached hydrogen (secondary N) is 1. The highest BCUT2D eigenvalue weighted by Crippen LogP contribution is 2.25. The van der Waals surface area contributed by atoms with Crippen molar-refractivity contribution in [2.24, 2.45) is 7.05 Å². The van der Waals surface area contributed by atoms with Gasteiger partial charge >= 0.3 is 0 Å². The SMILES string of the molecule is Cc1nn(C)cc1S(=O)(=O)Nc1cccc(Cl)c1C. The maximum Gasteiger partial charge on any atom is 0.265 e. The third-order valence-corrected chi connectivity index (χ3v) is 4.65. The molecule has 1 aromatic heterocycles. The second kappa shape index (κ2) is 4.86. The molecule has 0 aliphatic heterocycles. The predicted molar refractivity (Wildman–Crippen MR) is 74.9 cm³/mol. The van der Waals surface area contributed by atoms with Gasteiger partial charge in [-0.2, -0.15) is 5.10 Å². The summed E-state index contributed by atoms with van der Waals surface area (Å²) in [7, 11) is -1.98. The molecule has 1 N–H and O–H groups in total. The highest BCUT2D eigenvalue weighted by atomic mass is 35.5. The summed E-state index contributed by atoms with van der Waals surface area (Å²) >= 11 is 5.97. The first-order valence-corrected chi connectivity index (χ1v) is 7.45. The van der Waals surface area contributed by atoms with Crippen molar-refractivity contribution in [2.45, 2.75) is 18.7 Å². The maximum atomic E-state index is 12.3. The summed E-state index contributed by atoms with van der Waals surface area (Å²) in [6.45, 7) is 3.41. The van der Waals surface area contributed by atoms with Crippen LogP contribution in [0.1, 0.15) is 11.3 Å². The Balaban J connectivity index is 2.42. The standard InChI is InChI=1S/C12H14ClN3O2S/c1-8-10(13)5-4-6-11(8)15-19(17,18)12-7-16(3)14-9(12)2/h4-7,15H,1-3H3. The van der Waals surface area contributed by atoms with Crippen LogP contribution in [0.2, 0.25) is 5.02 Å². The van der Waals surface area contributed by atoms with Crippen molar-refractivity contribution in [3.63, 3.8) is 0 Å². The second-order valence-electron chi connectivity index (χ2n) is 4.27. The van der Waals surface area contributed by atoms with E-state index in [0.29, 0.717) is 22.0 Å². The molecule has 0 saturated carbocycles. The minimum absolute atomic E-state index is 0.161. The van der Waals surface area contributed by atoms with E-state index in [2.05, 4.69) is 9.82 Å². The summed E-state index contributed by atoms with van der Waals surface area (Å²) in [6.07, 6.45) is 1.47. The Morgan fingerprint density at radius 2 is 2.00 bits per heavy atom. The Kier molecular flexibility index (Phi) is 3.56. The van der Waals surface area contributed by atoms with E-state index >= 15 is 0 Å². The molecule has 102 valence electrons. The fraction of sp³-hybridized carbons (Fsp3) is 0.250. The van der Waals surface area contributed by atoms with Crippen LogP contribution in [-0.2, 0) is 17.1 Å². The van der Waals surface area contributed by atoms with Crippen LogP contribution in [-0.4, -0.2) is 18.2 Å². The van der Waals surface area contributed by atoms with Gasteiger partial charge in [0.2, 0.25) is 0 Å². The Hall–Kier alpha value is -1.53. The monoisotopic (exact) mass is 299 g/mol. The molecule has 0 amide bonds. The van der Waals surface area contributed by atoms with Crippen LogP contribution in [0.25, 0.3) is 0 Å². The number of anilines is 1. The minimum Gasteiger partial charge on any atom is -0.279 e. The highest BCUT2D eigenvalue weighted by Gasteiger charge is 2.20. The zero-order valence-electron chi connectivity index (χ0n) is 10.8. The molecule has 0 fully saturated rings. The smallest absolute Gasteiger partial charge is 0.265 e. The number of halogens is 1. The topological polar surface area (TPSA) is 64.0 Å². The number of rotatable bonds is 3. The molecule has 0 bridgehead atoms. The first kappa shape index (κ1) is 13.9. The van der Waals surface area contributed by atoms with Crippen molar-refractivity contribution in [2.75, 3.05) is 4.72 Å². The molecule has 2 aromatic rings. The van der Waals surface area contributed by atoms with Gasteiger partial charge in [0.15, 0.2) is 0 Å². The lowest BCUT2D eigenvalue weighted by molar-refractivity contribution is 0.600. The fourth-order valence-corrected chi connectivity index (χ4v) is 3.28. The molecule has 0 unspecified atom stereocenters. The van der Waals surface area contributed by atoms with Gasteiger partial charge < -0.3 is 0 Å². The summed E-state index contributed by atoms with van der Waals surface area (Å²) < 4.78 is 28.6. The Morgan fingerprint density at radius 3 is 2.58 bits per heavy atom. The van der Waals surface area contributed by atoms with E-state index in [1.807, 2.05) is 0 Å². The van der Waals surface area contributed by atoms with Crippen molar-refractivity contribution < 1.29 is 8.42 Å². The van der Waals surface area contributed by atoms with E-state index < -0.39 is 10.0 Å². The average Bonchev–Trinajstić information content (AvgIpc) is 2.65. The number of aromatic nitrogens is 2. The van der Waals surface area contributed by atoms with Gasteiger partial charge in [-0.15, -0.1) is 0 Å². The molecule has 0 aliphatic rings. The number of sulfonamides is 1. The van der Waals surface area contributed by atoms with Crippen molar-refractivity contribution in [3.05, 3.63) is 40.7 Å².